The van der Waals surface area contributed by atoms with Crippen LogP contribution in [0.5, 0.6) is 11.5 Å². The number of thioether (sulfide) groups is 1. The first-order chi connectivity index (χ1) is 13.2. The lowest BCUT2D eigenvalue weighted by Gasteiger charge is -2.10. The van der Waals surface area contributed by atoms with Gasteiger partial charge in [0.15, 0.2) is 23.3 Å². The number of hydrogen-bond acceptors (Lipinski definition) is 6. The van der Waals surface area contributed by atoms with E-state index in [1.54, 1.807) is 18.2 Å². The summed E-state index contributed by atoms with van der Waals surface area (Å²) >= 11 is 1.28. The highest BCUT2D eigenvalue weighted by Crippen LogP contribution is 2.32. The molecule has 0 bridgehead atoms. The van der Waals surface area contributed by atoms with Crippen LogP contribution in [0.1, 0.15) is 12.5 Å². The fourth-order valence-corrected chi connectivity index (χ4v) is 3.21. The third kappa shape index (κ3) is 4.90. The molecule has 1 heterocycles. The van der Waals surface area contributed by atoms with Gasteiger partial charge < -0.3 is 14.8 Å². The van der Waals surface area contributed by atoms with Crippen LogP contribution >= 0.6 is 11.8 Å². The van der Waals surface area contributed by atoms with Crippen LogP contribution in [-0.2, 0) is 4.79 Å². The average molecular weight is 379 g/mol. The number of carbonyl (C=O) groups excluding carboxylic acids is 1. The Morgan fingerprint density at radius 3 is 2.74 bits per heavy atom. The molecule has 1 amide bonds. The fourth-order valence-electron chi connectivity index (χ4n) is 2.36. The number of rotatable bonds is 6. The van der Waals surface area contributed by atoms with E-state index >= 15 is 0 Å². The zero-order valence-corrected chi connectivity index (χ0v) is 15.5. The van der Waals surface area contributed by atoms with E-state index in [0.717, 1.165) is 11.3 Å². The molecule has 136 valence electrons. The number of carbonyl (C=O) groups is 1. The maximum absolute atomic E-state index is 12.2. The minimum atomic E-state index is -0.197. The maximum Gasteiger partial charge on any atom is 0.264 e. The number of aliphatic imine (C=N–C) groups is 1. The minimum Gasteiger partial charge on any atom is -0.490 e. The van der Waals surface area contributed by atoms with Crippen molar-refractivity contribution in [3.63, 3.8) is 0 Å². The second kappa shape index (κ2) is 8.92. The van der Waals surface area contributed by atoms with E-state index in [-0.39, 0.29) is 12.5 Å². The monoisotopic (exact) mass is 379 g/mol. The lowest BCUT2D eigenvalue weighted by atomic mass is 10.2. The highest BCUT2D eigenvalue weighted by Gasteiger charge is 2.24. The highest BCUT2D eigenvalue weighted by atomic mass is 32.2. The van der Waals surface area contributed by atoms with Crippen molar-refractivity contribution in [2.24, 2.45) is 4.99 Å². The molecule has 0 spiro atoms. The van der Waals surface area contributed by atoms with Gasteiger partial charge in [-0.3, -0.25) is 4.79 Å². The second-order valence-corrected chi connectivity index (χ2v) is 6.43. The van der Waals surface area contributed by atoms with Gasteiger partial charge in [-0.15, -0.1) is 0 Å². The van der Waals surface area contributed by atoms with Crippen LogP contribution in [0.15, 0.2) is 58.4 Å². The Bertz CT molecular complexity index is 933. The van der Waals surface area contributed by atoms with Crippen molar-refractivity contribution >= 4 is 34.6 Å². The summed E-state index contributed by atoms with van der Waals surface area (Å²) in [5.41, 5.74) is 1.57. The summed E-state index contributed by atoms with van der Waals surface area (Å²) in [6, 6.07) is 16.7. The van der Waals surface area contributed by atoms with Crippen molar-refractivity contribution in [1.29, 1.82) is 5.26 Å². The molecule has 0 atom stereocenters. The molecule has 27 heavy (non-hydrogen) atoms. The molecule has 7 heteroatoms. The van der Waals surface area contributed by atoms with Gasteiger partial charge in [-0.25, -0.2) is 4.99 Å². The summed E-state index contributed by atoms with van der Waals surface area (Å²) in [5, 5.41) is 12.0. The average Bonchev–Trinajstić information content (AvgIpc) is 3.01. The normalized spacial score (nSPS) is 16.2. The molecule has 2 aromatic carbocycles. The molecular formula is C20H17N3O3S. The molecule has 0 radical (unpaired) electrons. The number of ether oxygens (including phenoxy) is 2. The summed E-state index contributed by atoms with van der Waals surface area (Å²) in [7, 11) is 0. The van der Waals surface area contributed by atoms with Crippen LogP contribution in [0.2, 0.25) is 0 Å². The van der Waals surface area contributed by atoms with E-state index in [4.69, 9.17) is 14.7 Å². The van der Waals surface area contributed by atoms with Crippen molar-refractivity contribution in [2.75, 3.05) is 13.2 Å². The van der Waals surface area contributed by atoms with Gasteiger partial charge in [-0.1, -0.05) is 24.3 Å². The van der Waals surface area contributed by atoms with E-state index in [0.29, 0.717) is 28.2 Å². The summed E-state index contributed by atoms with van der Waals surface area (Å²) < 4.78 is 10.9. The number of nitrogens with zero attached hydrogens (tertiary/aromatic N) is 2. The predicted molar refractivity (Wildman–Crippen MR) is 106 cm³/mol. The molecule has 2 aromatic rings. The van der Waals surface area contributed by atoms with Crippen molar-refractivity contribution in [1.82, 2.24) is 5.32 Å². The van der Waals surface area contributed by atoms with Crippen molar-refractivity contribution in [3.8, 4) is 17.6 Å². The number of amides is 1. The third-order valence-corrected chi connectivity index (χ3v) is 4.41. The molecular weight excluding hydrogens is 362 g/mol. The van der Waals surface area contributed by atoms with Crippen LogP contribution < -0.4 is 14.8 Å². The first-order valence-electron chi connectivity index (χ1n) is 8.31. The molecule has 1 N–H and O–H groups in total. The Balaban J connectivity index is 1.81. The van der Waals surface area contributed by atoms with Crippen LogP contribution in [0, 0.1) is 11.3 Å². The molecule has 0 aliphatic carbocycles. The standard InChI is InChI=1S/C20H17N3O3S/c1-2-25-17-12-14(8-9-16(17)26-11-10-21)13-18-19(24)23-20(27-18)22-15-6-4-3-5-7-15/h3-9,12-13H,2,11H2,1H3,(H,22,23,24)/b18-13-. The van der Waals surface area contributed by atoms with Gasteiger partial charge in [0.2, 0.25) is 0 Å². The van der Waals surface area contributed by atoms with Gasteiger partial charge in [0.05, 0.1) is 17.2 Å². The summed E-state index contributed by atoms with van der Waals surface area (Å²) in [4.78, 5) is 17.2. The van der Waals surface area contributed by atoms with Gasteiger partial charge in [0, 0.05) is 0 Å². The molecule has 0 saturated carbocycles. The number of benzene rings is 2. The summed E-state index contributed by atoms with van der Waals surface area (Å²) in [6.07, 6.45) is 1.77. The van der Waals surface area contributed by atoms with E-state index in [1.165, 1.54) is 11.8 Å². The first-order valence-corrected chi connectivity index (χ1v) is 9.12. The largest absolute Gasteiger partial charge is 0.490 e. The zero-order chi connectivity index (χ0) is 19.1. The number of amidine groups is 1. The Morgan fingerprint density at radius 1 is 1.19 bits per heavy atom. The van der Waals surface area contributed by atoms with Gasteiger partial charge in [-0.2, -0.15) is 5.26 Å². The predicted octanol–water partition coefficient (Wildman–Crippen LogP) is 3.88. The van der Waals surface area contributed by atoms with Crippen LogP contribution in [-0.4, -0.2) is 24.3 Å². The number of nitriles is 1. The molecule has 3 rings (SSSR count). The van der Waals surface area contributed by atoms with Gasteiger partial charge >= 0.3 is 0 Å². The van der Waals surface area contributed by atoms with Crippen molar-refractivity contribution < 1.29 is 14.3 Å². The Kier molecular flexibility index (Phi) is 6.13. The van der Waals surface area contributed by atoms with Crippen LogP contribution in [0.25, 0.3) is 6.08 Å². The molecule has 1 aliphatic rings. The fraction of sp³-hybridized carbons (Fsp3) is 0.150. The summed E-state index contributed by atoms with van der Waals surface area (Å²) in [5.74, 6) is 0.830. The third-order valence-electron chi connectivity index (χ3n) is 3.50. The molecule has 1 aliphatic heterocycles. The molecule has 0 unspecified atom stereocenters. The lowest BCUT2D eigenvalue weighted by molar-refractivity contribution is -0.115. The molecule has 1 fully saturated rings. The minimum absolute atomic E-state index is 0.0575. The Labute approximate surface area is 161 Å². The molecule has 1 saturated heterocycles. The molecule has 6 nitrogen and oxygen atoms in total. The van der Waals surface area contributed by atoms with E-state index in [2.05, 4.69) is 10.3 Å². The van der Waals surface area contributed by atoms with E-state index in [1.807, 2.05) is 49.4 Å². The topological polar surface area (TPSA) is 83.7 Å². The maximum atomic E-state index is 12.2. The van der Waals surface area contributed by atoms with Gasteiger partial charge in [-0.05, 0) is 54.6 Å². The van der Waals surface area contributed by atoms with E-state index in [9.17, 15) is 4.79 Å². The Morgan fingerprint density at radius 2 is 2.00 bits per heavy atom. The van der Waals surface area contributed by atoms with Crippen LogP contribution in [0.3, 0.4) is 0 Å². The van der Waals surface area contributed by atoms with Crippen molar-refractivity contribution in [3.05, 3.63) is 59.0 Å². The van der Waals surface area contributed by atoms with Gasteiger partial charge in [0.25, 0.3) is 5.91 Å². The second-order valence-electron chi connectivity index (χ2n) is 5.40. The quantitative estimate of drug-likeness (QED) is 0.770. The highest BCUT2D eigenvalue weighted by molar-refractivity contribution is 8.18. The first kappa shape index (κ1) is 18.5. The van der Waals surface area contributed by atoms with E-state index < -0.39 is 0 Å². The van der Waals surface area contributed by atoms with Crippen molar-refractivity contribution in [2.45, 2.75) is 6.92 Å². The smallest absolute Gasteiger partial charge is 0.264 e. The lowest BCUT2D eigenvalue weighted by Crippen LogP contribution is -2.19. The number of para-hydroxylation sites is 1. The SMILES string of the molecule is CCOc1cc(/C=C2\SC(=Nc3ccccc3)NC2=O)ccc1OCC#N. The van der Waals surface area contributed by atoms with Crippen LogP contribution in [0.4, 0.5) is 5.69 Å². The van der Waals surface area contributed by atoms with Gasteiger partial charge in [0.1, 0.15) is 6.07 Å². The summed E-state index contributed by atoms with van der Waals surface area (Å²) in [6.45, 7) is 2.27. The Hall–Kier alpha value is -3.24. The zero-order valence-electron chi connectivity index (χ0n) is 14.6. The number of hydrogen-bond donors (Lipinski definition) is 1. The molecule has 0 aromatic heterocycles. The number of nitrogens with one attached hydrogen (secondary N) is 1.